The molecule has 1 heterocycles. The van der Waals surface area contributed by atoms with Crippen molar-refractivity contribution in [3.8, 4) is 11.8 Å². The van der Waals surface area contributed by atoms with Gasteiger partial charge in [0.15, 0.2) is 5.11 Å². The molecule has 1 fully saturated rings. The molecule has 2 aromatic carbocycles. The molecule has 2 amide bonds. The van der Waals surface area contributed by atoms with Gasteiger partial charge in [0.2, 0.25) is 5.91 Å². The van der Waals surface area contributed by atoms with E-state index < -0.39 is 34.7 Å². The molecule has 1 saturated heterocycles. The molecule has 10 nitrogen and oxygen atoms in total. The highest BCUT2D eigenvalue weighted by Gasteiger charge is 2.50. The van der Waals surface area contributed by atoms with Crippen LogP contribution in [0.2, 0.25) is 0 Å². The number of ether oxygens (including phenoxy) is 4. The van der Waals surface area contributed by atoms with Gasteiger partial charge >= 0.3 is 6.18 Å². The van der Waals surface area contributed by atoms with E-state index in [1.165, 1.54) is 12.1 Å². The maximum atomic E-state index is 13.5. The van der Waals surface area contributed by atoms with Crippen LogP contribution in [0, 0.1) is 11.3 Å². The standard InChI is InChI=1S/C28H31F3N4O6S/c1-27(2)25(37)34(21-5-4-19(17-32)23(16-21)28(29,30)31)26(42)35(27)20-6-8-22(9-7-20)41-15-14-39-11-3-10-38-12-13-40-18-24(33)36/h4-9,16H,3,10-15,18H2,1-2H3,(H2,33,36). The van der Waals surface area contributed by atoms with E-state index in [0.717, 1.165) is 17.0 Å². The number of primary amides is 1. The maximum absolute atomic E-state index is 13.5. The van der Waals surface area contributed by atoms with Crippen LogP contribution in [0.3, 0.4) is 0 Å². The summed E-state index contributed by atoms with van der Waals surface area (Å²) in [7, 11) is 0. The van der Waals surface area contributed by atoms with Gasteiger partial charge in [-0.25, -0.2) is 0 Å². The van der Waals surface area contributed by atoms with Crippen molar-refractivity contribution in [2.24, 2.45) is 5.73 Å². The lowest BCUT2D eigenvalue weighted by atomic mass is 10.0. The zero-order valence-electron chi connectivity index (χ0n) is 23.1. The number of halogens is 3. The topological polar surface area (TPSA) is 127 Å². The Balaban J connectivity index is 1.52. The Morgan fingerprint density at radius 1 is 0.976 bits per heavy atom. The highest BCUT2D eigenvalue weighted by Crippen LogP contribution is 2.39. The number of nitriles is 1. The summed E-state index contributed by atoms with van der Waals surface area (Å²) in [4.78, 5) is 26.5. The lowest BCUT2D eigenvalue weighted by Crippen LogP contribution is -2.44. The van der Waals surface area contributed by atoms with Crippen molar-refractivity contribution in [2.75, 3.05) is 56.0 Å². The molecule has 14 heteroatoms. The Labute approximate surface area is 246 Å². The van der Waals surface area contributed by atoms with Crippen LogP contribution >= 0.6 is 12.2 Å². The number of amides is 2. The number of hydrogen-bond donors (Lipinski definition) is 1. The van der Waals surface area contributed by atoms with Crippen LogP contribution < -0.4 is 20.3 Å². The second-order valence-electron chi connectivity index (χ2n) is 9.60. The molecule has 0 radical (unpaired) electrons. The van der Waals surface area contributed by atoms with Gasteiger partial charge in [-0.3, -0.25) is 14.5 Å². The third kappa shape index (κ3) is 8.16. The van der Waals surface area contributed by atoms with Gasteiger partial charge in [0.25, 0.3) is 5.91 Å². The molecule has 2 aromatic rings. The molecule has 226 valence electrons. The van der Waals surface area contributed by atoms with E-state index >= 15 is 0 Å². The largest absolute Gasteiger partial charge is 0.491 e. The second-order valence-corrected chi connectivity index (χ2v) is 9.96. The quantitative estimate of drug-likeness (QED) is 0.237. The Bertz CT molecular complexity index is 1310. The molecule has 0 saturated carbocycles. The monoisotopic (exact) mass is 608 g/mol. The molecule has 42 heavy (non-hydrogen) atoms. The normalized spacial score (nSPS) is 14.8. The van der Waals surface area contributed by atoms with E-state index in [9.17, 15) is 22.8 Å². The first-order valence-electron chi connectivity index (χ1n) is 12.9. The first-order valence-corrected chi connectivity index (χ1v) is 13.3. The minimum absolute atomic E-state index is 0.00654. The predicted octanol–water partition coefficient (Wildman–Crippen LogP) is 3.80. The number of hydrogen-bond acceptors (Lipinski definition) is 8. The fraction of sp³-hybridized carbons (Fsp3) is 0.429. The maximum Gasteiger partial charge on any atom is 0.417 e. The number of rotatable bonds is 15. The number of alkyl halides is 3. The summed E-state index contributed by atoms with van der Waals surface area (Å²) in [5.41, 5.74) is 2.55. The van der Waals surface area contributed by atoms with Crippen LogP contribution in [0.25, 0.3) is 0 Å². The highest BCUT2D eigenvalue weighted by atomic mass is 32.1. The first-order chi connectivity index (χ1) is 19.9. The van der Waals surface area contributed by atoms with E-state index in [0.29, 0.717) is 50.9 Å². The molecule has 0 unspecified atom stereocenters. The molecular formula is C28H31F3N4O6S. The van der Waals surface area contributed by atoms with E-state index in [2.05, 4.69) is 0 Å². The fourth-order valence-electron chi connectivity index (χ4n) is 4.13. The smallest absolute Gasteiger partial charge is 0.417 e. The zero-order chi connectivity index (χ0) is 30.9. The summed E-state index contributed by atoms with van der Waals surface area (Å²) in [6, 6.07) is 11.4. The summed E-state index contributed by atoms with van der Waals surface area (Å²) < 4.78 is 62.2. The molecule has 1 aliphatic heterocycles. The van der Waals surface area contributed by atoms with Crippen molar-refractivity contribution in [2.45, 2.75) is 32.0 Å². The van der Waals surface area contributed by atoms with Crippen molar-refractivity contribution in [1.82, 2.24) is 0 Å². The fourth-order valence-corrected chi connectivity index (χ4v) is 4.65. The molecule has 0 bridgehead atoms. The van der Waals surface area contributed by atoms with E-state index in [-0.39, 0.29) is 24.0 Å². The van der Waals surface area contributed by atoms with Gasteiger partial charge in [0.05, 0.1) is 42.7 Å². The van der Waals surface area contributed by atoms with Crippen molar-refractivity contribution >= 4 is 40.5 Å². The van der Waals surface area contributed by atoms with Crippen molar-refractivity contribution in [3.05, 3.63) is 53.6 Å². The average molecular weight is 609 g/mol. The molecule has 0 spiro atoms. The van der Waals surface area contributed by atoms with Crippen molar-refractivity contribution in [1.29, 1.82) is 5.26 Å². The molecule has 0 aromatic heterocycles. The molecule has 0 atom stereocenters. The number of anilines is 2. The van der Waals surface area contributed by atoms with Crippen LogP contribution in [-0.4, -0.2) is 68.7 Å². The third-order valence-corrected chi connectivity index (χ3v) is 6.51. The van der Waals surface area contributed by atoms with E-state index in [4.69, 9.17) is 42.2 Å². The van der Waals surface area contributed by atoms with Crippen LogP contribution in [0.4, 0.5) is 24.5 Å². The van der Waals surface area contributed by atoms with Gasteiger partial charge in [0.1, 0.15) is 24.5 Å². The summed E-state index contributed by atoms with van der Waals surface area (Å²) >= 11 is 5.55. The highest BCUT2D eigenvalue weighted by molar-refractivity contribution is 7.81. The average Bonchev–Trinajstić information content (AvgIpc) is 3.11. The predicted molar refractivity (Wildman–Crippen MR) is 151 cm³/mol. The Kier molecular flexibility index (Phi) is 11.2. The lowest BCUT2D eigenvalue weighted by molar-refractivity contribution is -0.137. The summed E-state index contributed by atoms with van der Waals surface area (Å²) in [5.74, 6) is -0.488. The van der Waals surface area contributed by atoms with Crippen LogP contribution in [0.1, 0.15) is 31.4 Å². The van der Waals surface area contributed by atoms with Gasteiger partial charge in [-0.15, -0.1) is 0 Å². The summed E-state index contributed by atoms with van der Waals surface area (Å²) in [6.45, 7) is 5.35. The SMILES string of the molecule is CC1(C)C(=O)N(c2ccc(C#N)c(C(F)(F)F)c2)C(=S)N1c1ccc(OCCOCCCOCCOCC(N)=O)cc1. The van der Waals surface area contributed by atoms with Crippen LogP contribution in [0.5, 0.6) is 5.75 Å². The Hall–Kier alpha value is -3.77. The summed E-state index contributed by atoms with van der Waals surface area (Å²) in [6.07, 6.45) is -4.10. The van der Waals surface area contributed by atoms with Gasteiger partial charge < -0.3 is 29.6 Å². The molecule has 2 N–H and O–H groups in total. The Morgan fingerprint density at radius 2 is 1.57 bits per heavy atom. The number of nitrogens with two attached hydrogens (primary N) is 1. The van der Waals surface area contributed by atoms with Crippen LogP contribution in [0.15, 0.2) is 42.5 Å². The number of benzene rings is 2. The first kappa shape index (κ1) is 32.7. The molecule has 3 rings (SSSR count). The molecule has 0 aliphatic carbocycles. The van der Waals surface area contributed by atoms with Gasteiger partial charge in [-0.1, -0.05) is 0 Å². The summed E-state index contributed by atoms with van der Waals surface area (Å²) in [5, 5.41) is 9.10. The molecular weight excluding hydrogens is 577 g/mol. The van der Waals surface area contributed by atoms with Crippen LogP contribution in [-0.2, 0) is 30.0 Å². The minimum Gasteiger partial charge on any atom is -0.491 e. The number of thiocarbonyl (C=S) groups is 1. The van der Waals surface area contributed by atoms with Crippen molar-refractivity contribution < 1.29 is 41.7 Å². The van der Waals surface area contributed by atoms with E-state index in [1.807, 2.05) is 0 Å². The zero-order valence-corrected chi connectivity index (χ0v) is 23.9. The minimum atomic E-state index is -4.78. The van der Waals surface area contributed by atoms with Gasteiger partial charge in [-0.2, -0.15) is 18.4 Å². The third-order valence-electron chi connectivity index (χ3n) is 6.14. The van der Waals surface area contributed by atoms with Gasteiger partial charge in [-0.05, 0) is 75.0 Å². The van der Waals surface area contributed by atoms with Crippen molar-refractivity contribution in [3.63, 3.8) is 0 Å². The Morgan fingerprint density at radius 3 is 2.17 bits per heavy atom. The number of carbonyl (C=O) groups excluding carboxylic acids is 2. The number of nitrogens with zero attached hydrogens (tertiary/aromatic N) is 3. The second kappa shape index (κ2) is 14.4. The molecule has 1 aliphatic rings. The van der Waals surface area contributed by atoms with Gasteiger partial charge in [0, 0.05) is 18.9 Å². The number of carbonyl (C=O) groups is 2. The lowest BCUT2D eigenvalue weighted by Gasteiger charge is -2.29. The van der Waals surface area contributed by atoms with E-state index in [1.54, 1.807) is 43.0 Å².